The Balaban J connectivity index is 1.18. The number of nitriles is 1. The number of likely N-dealkylation sites (tertiary alicyclic amines) is 1. The Labute approximate surface area is 243 Å². The Morgan fingerprint density at radius 2 is 2.02 bits per heavy atom. The summed E-state index contributed by atoms with van der Waals surface area (Å²) in [6.07, 6.45) is 3.43. The molecule has 0 radical (unpaired) electrons. The number of hydrogen-bond acceptors (Lipinski definition) is 7. The Hall–Kier alpha value is -3.71. The van der Waals surface area contributed by atoms with Crippen molar-refractivity contribution in [1.29, 1.82) is 5.26 Å². The lowest BCUT2D eigenvalue weighted by atomic mass is 9.88. The number of para-hydroxylation sites is 1. The third kappa shape index (κ3) is 5.23. The van der Waals surface area contributed by atoms with Gasteiger partial charge in [-0.2, -0.15) is 5.26 Å². The lowest BCUT2D eigenvalue weighted by Crippen LogP contribution is -2.34. The molecule has 212 valence electrons. The normalized spacial score (nSPS) is 19.9. The summed E-state index contributed by atoms with van der Waals surface area (Å²) in [4.78, 5) is 11.8. The molecular weight excluding hydrogens is 545 g/mol. The van der Waals surface area contributed by atoms with E-state index in [1.807, 2.05) is 19.1 Å². The van der Waals surface area contributed by atoms with Gasteiger partial charge in [0.15, 0.2) is 17.1 Å². The van der Waals surface area contributed by atoms with Gasteiger partial charge in [-0.15, -0.1) is 0 Å². The van der Waals surface area contributed by atoms with Crippen LogP contribution in [0.5, 0.6) is 11.5 Å². The van der Waals surface area contributed by atoms with E-state index in [0.717, 1.165) is 48.5 Å². The number of aromatic nitrogens is 3. The van der Waals surface area contributed by atoms with Crippen molar-refractivity contribution in [3.63, 3.8) is 0 Å². The zero-order valence-electron chi connectivity index (χ0n) is 23.2. The van der Waals surface area contributed by atoms with E-state index < -0.39 is 11.6 Å². The number of rotatable bonds is 7. The van der Waals surface area contributed by atoms with Crippen LogP contribution in [0.1, 0.15) is 55.1 Å². The SMILES string of the molecule is CO[C@H](C)Cn1c(CN2CCC(c3cccc4c3O[C@@](C)(c3ccc(Cl)cc3F)O4)CC2)nc2cc(C#N)cnc21. The number of hydrogen-bond donors (Lipinski definition) is 0. The highest BCUT2D eigenvalue weighted by atomic mass is 35.5. The minimum Gasteiger partial charge on any atom is -0.444 e. The van der Waals surface area contributed by atoms with Crippen LogP contribution in [0.25, 0.3) is 11.2 Å². The van der Waals surface area contributed by atoms with Gasteiger partial charge in [-0.1, -0.05) is 23.7 Å². The van der Waals surface area contributed by atoms with E-state index in [1.54, 1.807) is 38.4 Å². The molecule has 2 aromatic heterocycles. The average molecular weight is 576 g/mol. The second kappa shape index (κ2) is 10.9. The van der Waals surface area contributed by atoms with Gasteiger partial charge in [0, 0.05) is 30.8 Å². The number of piperidine rings is 1. The largest absolute Gasteiger partial charge is 0.444 e. The molecule has 4 aromatic rings. The summed E-state index contributed by atoms with van der Waals surface area (Å²) < 4.78 is 34.9. The number of imidazole rings is 1. The summed E-state index contributed by atoms with van der Waals surface area (Å²) in [6.45, 7) is 6.79. The minimum atomic E-state index is -1.27. The maximum atomic E-state index is 14.8. The molecule has 0 aliphatic carbocycles. The topological polar surface area (TPSA) is 85.4 Å². The number of benzene rings is 2. The van der Waals surface area contributed by atoms with E-state index in [0.29, 0.717) is 40.7 Å². The molecule has 1 saturated heterocycles. The Morgan fingerprint density at radius 3 is 2.76 bits per heavy atom. The van der Waals surface area contributed by atoms with Gasteiger partial charge in [-0.3, -0.25) is 4.90 Å². The lowest BCUT2D eigenvalue weighted by Gasteiger charge is -2.32. The summed E-state index contributed by atoms with van der Waals surface area (Å²) in [5, 5.41) is 9.64. The Kier molecular flexibility index (Phi) is 7.32. The average Bonchev–Trinajstić information content (AvgIpc) is 3.49. The van der Waals surface area contributed by atoms with Crippen molar-refractivity contribution in [2.75, 3.05) is 20.2 Å². The first-order valence-corrected chi connectivity index (χ1v) is 14.1. The van der Waals surface area contributed by atoms with Crippen LogP contribution in [0.4, 0.5) is 4.39 Å². The van der Waals surface area contributed by atoms with Crippen LogP contribution in [-0.4, -0.2) is 45.7 Å². The number of halogens is 2. The molecule has 41 heavy (non-hydrogen) atoms. The first kappa shape index (κ1) is 27.5. The van der Waals surface area contributed by atoms with Crippen molar-refractivity contribution in [3.05, 3.63) is 82.0 Å². The molecule has 0 saturated carbocycles. The maximum absolute atomic E-state index is 14.8. The molecule has 4 heterocycles. The van der Waals surface area contributed by atoms with E-state index in [2.05, 4.69) is 26.6 Å². The molecule has 0 spiro atoms. The summed E-state index contributed by atoms with van der Waals surface area (Å²) in [7, 11) is 1.69. The van der Waals surface area contributed by atoms with E-state index >= 15 is 0 Å². The zero-order chi connectivity index (χ0) is 28.7. The van der Waals surface area contributed by atoms with Crippen LogP contribution in [-0.2, 0) is 23.6 Å². The molecular formula is C31H31ClFN5O3. The number of methoxy groups -OCH3 is 1. The fourth-order valence-corrected chi connectivity index (χ4v) is 5.96. The fourth-order valence-electron chi connectivity index (χ4n) is 5.80. The van der Waals surface area contributed by atoms with Crippen LogP contribution in [0.15, 0.2) is 48.7 Å². The molecule has 0 bridgehead atoms. The monoisotopic (exact) mass is 575 g/mol. The molecule has 2 atom stereocenters. The van der Waals surface area contributed by atoms with Gasteiger partial charge in [0.2, 0.25) is 0 Å². The predicted molar refractivity (Wildman–Crippen MR) is 152 cm³/mol. The molecule has 10 heteroatoms. The van der Waals surface area contributed by atoms with Crippen LogP contribution < -0.4 is 9.47 Å². The summed E-state index contributed by atoms with van der Waals surface area (Å²) in [5.74, 6) is 0.737. The second-order valence-corrected chi connectivity index (χ2v) is 11.3. The van der Waals surface area contributed by atoms with Crippen molar-refractivity contribution in [3.8, 4) is 17.6 Å². The van der Waals surface area contributed by atoms with E-state index in [1.165, 1.54) is 6.07 Å². The van der Waals surface area contributed by atoms with Gasteiger partial charge in [-0.25, -0.2) is 14.4 Å². The molecule has 2 aromatic carbocycles. The van der Waals surface area contributed by atoms with Gasteiger partial charge in [0.25, 0.3) is 5.79 Å². The van der Waals surface area contributed by atoms with Gasteiger partial charge in [0.1, 0.15) is 23.2 Å². The molecule has 0 N–H and O–H groups in total. The highest BCUT2D eigenvalue weighted by Crippen LogP contribution is 2.49. The second-order valence-electron chi connectivity index (χ2n) is 10.9. The summed E-state index contributed by atoms with van der Waals surface area (Å²) >= 11 is 5.97. The molecule has 0 unspecified atom stereocenters. The minimum absolute atomic E-state index is 0.0104. The van der Waals surface area contributed by atoms with Crippen molar-refractivity contribution in [2.24, 2.45) is 0 Å². The van der Waals surface area contributed by atoms with Crippen molar-refractivity contribution < 1.29 is 18.6 Å². The number of nitrogens with zero attached hydrogens (tertiary/aromatic N) is 5. The first-order chi connectivity index (χ1) is 19.8. The summed E-state index contributed by atoms with van der Waals surface area (Å²) in [5.41, 5.74) is 3.35. The zero-order valence-corrected chi connectivity index (χ0v) is 24.0. The van der Waals surface area contributed by atoms with Crippen LogP contribution in [0.2, 0.25) is 5.02 Å². The van der Waals surface area contributed by atoms with E-state index in [-0.39, 0.29) is 12.0 Å². The van der Waals surface area contributed by atoms with Gasteiger partial charge in [0.05, 0.1) is 30.3 Å². The molecule has 2 aliphatic rings. The first-order valence-electron chi connectivity index (χ1n) is 13.7. The van der Waals surface area contributed by atoms with Crippen LogP contribution in [0, 0.1) is 17.1 Å². The predicted octanol–water partition coefficient (Wildman–Crippen LogP) is 6.15. The standard InChI is InChI=1S/C31H31ClFN5O3/c1-19(39-3)17-38-28(36-26-13-20(15-34)16-35-30(26)38)18-37-11-9-21(10-12-37)23-5-4-6-27-29(23)41-31(2,40-27)24-8-7-22(32)14-25(24)33/h4-8,13-14,16,19,21H,9-12,17-18H2,1-3H3/t19-,31+/m1/s1. The number of pyridine rings is 1. The van der Waals surface area contributed by atoms with Gasteiger partial charge in [-0.05, 0) is 69.1 Å². The van der Waals surface area contributed by atoms with Crippen molar-refractivity contribution in [2.45, 2.75) is 57.6 Å². The maximum Gasteiger partial charge on any atom is 0.278 e. The van der Waals surface area contributed by atoms with Crippen LogP contribution >= 0.6 is 11.6 Å². The quantitative estimate of drug-likeness (QED) is 0.261. The molecule has 6 rings (SSSR count). The molecule has 2 aliphatic heterocycles. The van der Waals surface area contributed by atoms with Gasteiger partial charge < -0.3 is 18.8 Å². The van der Waals surface area contributed by atoms with Gasteiger partial charge >= 0.3 is 0 Å². The highest BCUT2D eigenvalue weighted by Gasteiger charge is 2.43. The van der Waals surface area contributed by atoms with E-state index in [4.69, 9.17) is 30.8 Å². The Bertz CT molecular complexity index is 1650. The number of ether oxygens (including phenoxy) is 3. The fraction of sp³-hybridized carbons (Fsp3) is 0.387. The van der Waals surface area contributed by atoms with Crippen LogP contribution in [0.3, 0.4) is 0 Å². The third-order valence-electron chi connectivity index (χ3n) is 8.06. The van der Waals surface area contributed by atoms with Crippen molar-refractivity contribution in [1.82, 2.24) is 19.4 Å². The van der Waals surface area contributed by atoms with E-state index in [9.17, 15) is 9.65 Å². The number of fused-ring (bicyclic) bond motifs is 2. The third-order valence-corrected chi connectivity index (χ3v) is 8.29. The molecule has 0 amide bonds. The lowest BCUT2D eigenvalue weighted by molar-refractivity contribution is -0.0712. The molecule has 8 nitrogen and oxygen atoms in total. The van der Waals surface area contributed by atoms with Crippen molar-refractivity contribution >= 4 is 22.8 Å². The molecule has 1 fully saturated rings. The smallest absolute Gasteiger partial charge is 0.278 e. The highest BCUT2D eigenvalue weighted by molar-refractivity contribution is 6.30. The summed E-state index contributed by atoms with van der Waals surface area (Å²) in [6, 6.07) is 14.4. The Morgan fingerprint density at radius 1 is 1.22 bits per heavy atom.